The molecule has 0 aliphatic rings. The van der Waals surface area contributed by atoms with Gasteiger partial charge >= 0.3 is 29.6 Å². The van der Waals surface area contributed by atoms with Gasteiger partial charge in [0, 0.05) is 16.0 Å². The van der Waals surface area contributed by atoms with E-state index in [1.54, 1.807) is 24.3 Å². The number of carboxylic acid groups (broad SMARTS) is 1. The number of nitrogens with two attached hydrogens (primary N) is 1. The molecule has 23 heavy (non-hydrogen) atoms. The fourth-order valence-electron chi connectivity index (χ4n) is 1.97. The van der Waals surface area contributed by atoms with Crippen LogP contribution in [0.15, 0.2) is 47.4 Å². The second-order valence-electron chi connectivity index (χ2n) is 4.63. The van der Waals surface area contributed by atoms with Crippen LogP contribution in [0.5, 0.6) is 0 Å². The van der Waals surface area contributed by atoms with Gasteiger partial charge in [0.2, 0.25) is 0 Å². The van der Waals surface area contributed by atoms with E-state index < -0.39 is 23.6 Å². The van der Waals surface area contributed by atoms with Gasteiger partial charge in [-0.05, 0) is 54.3 Å². The summed E-state index contributed by atoms with van der Waals surface area (Å²) in [6, 6.07) is 8.66. The molecule has 0 saturated heterocycles. The Morgan fingerprint density at radius 1 is 1.13 bits per heavy atom. The van der Waals surface area contributed by atoms with Gasteiger partial charge in [-0.1, -0.05) is 0 Å². The molecular weight excluding hydrogens is 328 g/mol. The van der Waals surface area contributed by atoms with Crippen LogP contribution in [0.2, 0.25) is 0 Å². The monoisotopic (exact) mass is 341 g/mol. The van der Waals surface area contributed by atoms with Crippen molar-refractivity contribution >= 4 is 23.5 Å². The van der Waals surface area contributed by atoms with Crippen molar-refractivity contribution in [1.29, 1.82) is 0 Å². The Hall–Kier alpha value is -1.18. The van der Waals surface area contributed by atoms with Gasteiger partial charge in [0.25, 0.3) is 0 Å². The van der Waals surface area contributed by atoms with E-state index in [1.807, 2.05) is 6.26 Å². The molecule has 0 heterocycles. The van der Waals surface area contributed by atoms with Crippen LogP contribution in [0.1, 0.15) is 27.5 Å². The molecule has 2 aromatic carbocycles. The quantitative estimate of drug-likeness (QED) is 0.408. The number of carbonyl (C=O) groups is 2. The van der Waals surface area contributed by atoms with E-state index in [-0.39, 0.29) is 40.7 Å². The van der Waals surface area contributed by atoms with Crippen LogP contribution in [-0.4, -0.2) is 18.0 Å². The molecule has 0 saturated carbocycles. The number of carboxylic acids is 1. The van der Waals surface area contributed by atoms with Gasteiger partial charge in [0.1, 0.15) is 5.82 Å². The summed E-state index contributed by atoms with van der Waals surface area (Å²) in [4.78, 5) is 24.1. The predicted octanol–water partition coefficient (Wildman–Crippen LogP) is -1.47. The first-order valence-electron chi connectivity index (χ1n) is 6.38. The summed E-state index contributed by atoms with van der Waals surface area (Å²) in [6.45, 7) is 0. The van der Waals surface area contributed by atoms with Crippen LogP contribution in [0, 0.1) is 5.82 Å². The molecule has 2 rings (SSSR count). The summed E-state index contributed by atoms with van der Waals surface area (Å²) in [5.41, 5.74) is 5.83. The molecule has 0 aliphatic carbocycles. The number of ketones is 1. The van der Waals surface area contributed by atoms with Gasteiger partial charge in [-0.3, -0.25) is 4.79 Å². The number of thioether (sulfide) groups is 1. The van der Waals surface area contributed by atoms with Gasteiger partial charge in [-0.25, -0.2) is 4.39 Å². The Kier molecular flexibility index (Phi) is 7.44. The number of rotatable bonds is 5. The largest absolute Gasteiger partial charge is 1.00 e. The molecule has 0 spiro atoms. The van der Waals surface area contributed by atoms with Crippen molar-refractivity contribution in [1.82, 2.24) is 0 Å². The fourth-order valence-corrected chi connectivity index (χ4v) is 2.38. The normalized spacial score (nSPS) is 11.4. The van der Waals surface area contributed by atoms with Gasteiger partial charge in [-0.2, -0.15) is 0 Å². The molecule has 7 heteroatoms. The van der Waals surface area contributed by atoms with Crippen molar-refractivity contribution in [2.45, 2.75) is 10.9 Å². The topological polar surface area (TPSA) is 83.2 Å². The number of aliphatic carboxylic acids is 1. The first-order chi connectivity index (χ1) is 10.4. The Labute approximate surface area is 159 Å². The third-order valence-electron chi connectivity index (χ3n) is 3.15. The van der Waals surface area contributed by atoms with Crippen molar-refractivity contribution in [2.75, 3.05) is 6.26 Å². The minimum atomic E-state index is -1.53. The second-order valence-corrected chi connectivity index (χ2v) is 5.51. The summed E-state index contributed by atoms with van der Waals surface area (Å²) in [7, 11) is 0. The molecule has 0 amide bonds. The smallest absolute Gasteiger partial charge is 0.548 e. The van der Waals surface area contributed by atoms with E-state index in [4.69, 9.17) is 5.73 Å². The summed E-state index contributed by atoms with van der Waals surface area (Å²) in [5, 5.41) is 10.8. The van der Waals surface area contributed by atoms with Gasteiger partial charge in [-0.15, -0.1) is 11.8 Å². The zero-order chi connectivity index (χ0) is 16.3. The van der Waals surface area contributed by atoms with Crippen LogP contribution < -0.4 is 40.4 Å². The molecule has 1 atom stereocenters. The standard InChI is InChI=1S/C16H14FNO3S.Na/c1-22-13-4-2-9(3-5-13)15(19)11-6-10(7-12(17)8-11)14(18)16(20)21;/h2-8,14H,18H2,1H3,(H,20,21);/q;+1/p-1. The van der Waals surface area contributed by atoms with Crippen molar-refractivity contribution in [3.8, 4) is 0 Å². The Morgan fingerprint density at radius 2 is 1.74 bits per heavy atom. The predicted molar refractivity (Wildman–Crippen MR) is 80.0 cm³/mol. The minimum Gasteiger partial charge on any atom is -0.548 e. The molecule has 2 aromatic rings. The average Bonchev–Trinajstić information content (AvgIpc) is 2.52. The third kappa shape index (κ3) is 4.89. The minimum absolute atomic E-state index is 0. The van der Waals surface area contributed by atoms with E-state index in [0.717, 1.165) is 17.0 Å². The maximum atomic E-state index is 13.6. The first kappa shape index (κ1) is 19.9. The number of hydrogen-bond acceptors (Lipinski definition) is 5. The molecule has 114 valence electrons. The third-order valence-corrected chi connectivity index (χ3v) is 3.89. The zero-order valence-corrected chi connectivity index (χ0v) is 15.5. The maximum absolute atomic E-state index is 13.6. The summed E-state index contributed by atoms with van der Waals surface area (Å²) >= 11 is 1.54. The SMILES string of the molecule is CSc1ccc(C(=O)c2cc(F)cc(C(N)C(=O)[O-])c2)cc1.[Na+]. The van der Waals surface area contributed by atoms with Gasteiger partial charge in [0.05, 0.1) is 12.0 Å². The molecule has 0 aromatic heterocycles. The number of benzene rings is 2. The van der Waals surface area contributed by atoms with Crippen LogP contribution in [0.3, 0.4) is 0 Å². The van der Waals surface area contributed by atoms with E-state index in [0.29, 0.717) is 5.56 Å². The molecule has 0 fully saturated rings. The fraction of sp³-hybridized carbons (Fsp3) is 0.125. The molecule has 2 N–H and O–H groups in total. The zero-order valence-electron chi connectivity index (χ0n) is 12.7. The van der Waals surface area contributed by atoms with Crippen LogP contribution in [0.25, 0.3) is 0 Å². The number of halogens is 1. The van der Waals surface area contributed by atoms with Crippen LogP contribution >= 0.6 is 11.8 Å². The average molecular weight is 341 g/mol. The van der Waals surface area contributed by atoms with E-state index in [9.17, 15) is 19.1 Å². The number of carbonyl (C=O) groups excluding carboxylic acids is 2. The van der Waals surface area contributed by atoms with E-state index in [1.165, 1.54) is 17.8 Å². The van der Waals surface area contributed by atoms with E-state index in [2.05, 4.69) is 0 Å². The van der Waals surface area contributed by atoms with Crippen molar-refractivity contribution in [3.05, 3.63) is 65.0 Å². The Balaban J connectivity index is 0.00000264. The van der Waals surface area contributed by atoms with Crippen molar-refractivity contribution in [2.24, 2.45) is 5.73 Å². The van der Waals surface area contributed by atoms with E-state index >= 15 is 0 Å². The molecule has 0 bridgehead atoms. The van der Waals surface area contributed by atoms with Gasteiger partial charge in [0.15, 0.2) is 5.78 Å². The number of hydrogen-bond donors (Lipinski definition) is 1. The summed E-state index contributed by atoms with van der Waals surface area (Å²) in [6.07, 6.45) is 1.91. The maximum Gasteiger partial charge on any atom is 1.00 e. The molecule has 0 radical (unpaired) electrons. The van der Waals surface area contributed by atoms with Crippen LogP contribution in [0.4, 0.5) is 4.39 Å². The second kappa shape index (κ2) is 8.61. The Bertz CT molecular complexity index is 722. The first-order valence-corrected chi connectivity index (χ1v) is 7.60. The Morgan fingerprint density at radius 3 is 2.26 bits per heavy atom. The summed E-state index contributed by atoms with van der Waals surface area (Å²) in [5.74, 6) is -2.66. The van der Waals surface area contributed by atoms with Gasteiger partial charge < -0.3 is 15.6 Å². The summed E-state index contributed by atoms with van der Waals surface area (Å²) < 4.78 is 13.6. The molecule has 4 nitrogen and oxygen atoms in total. The van der Waals surface area contributed by atoms with Crippen molar-refractivity contribution in [3.63, 3.8) is 0 Å². The molecule has 1 unspecified atom stereocenters. The molecule has 0 aliphatic heterocycles. The van der Waals surface area contributed by atoms with Crippen LogP contribution in [-0.2, 0) is 4.79 Å². The molecular formula is C16H13FNNaO3S. The van der Waals surface area contributed by atoms with Crippen molar-refractivity contribution < 1.29 is 48.6 Å².